The maximum Gasteiger partial charge on any atom is 0.305 e. The predicted molar refractivity (Wildman–Crippen MR) is 77.5 cm³/mol. The number of carbonyl (C=O) groups is 1. The van der Waals surface area contributed by atoms with Gasteiger partial charge in [0.05, 0.1) is 6.61 Å². The van der Waals surface area contributed by atoms with Crippen LogP contribution >= 0.6 is 0 Å². The van der Waals surface area contributed by atoms with Crippen LogP contribution in [-0.4, -0.2) is 12.6 Å². The Kier molecular flexibility index (Phi) is 9.72. The van der Waals surface area contributed by atoms with Crippen molar-refractivity contribution in [2.75, 3.05) is 6.61 Å². The van der Waals surface area contributed by atoms with E-state index in [9.17, 15) is 4.79 Å². The van der Waals surface area contributed by atoms with Gasteiger partial charge in [-0.1, -0.05) is 32.4 Å². The van der Waals surface area contributed by atoms with E-state index in [1.165, 1.54) is 12.0 Å². The van der Waals surface area contributed by atoms with Gasteiger partial charge in [0.1, 0.15) is 0 Å². The van der Waals surface area contributed by atoms with Gasteiger partial charge in [-0.3, -0.25) is 4.79 Å². The van der Waals surface area contributed by atoms with Crippen LogP contribution in [0.1, 0.15) is 66.7 Å². The fourth-order valence-electron chi connectivity index (χ4n) is 1.65. The number of allylic oxidation sites excluding steroid dienone is 2. The lowest BCUT2D eigenvalue weighted by molar-refractivity contribution is -0.144. The van der Waals surface area contributed by atoms with Gasteiger partial charge in [-0.25, -0.2) is 0 Å². The third kappa shape index (κ3) is 11.7. The number of carbonyl (C=O) groups excluding carboxylic acids is 1. The lowest BCUT2D eigenvalue weighted by atomic mass is 10.0. The molecule has 0 amide bonds. The summed E-state index contributed by atoms with van der Waals surface area (Å²) >= 11 is 0. The van der Waals surface area contributed by atoms with Crippen molar-refractivity contribution < 1.29 is 9.53 Å². The highest BCUT2D eigenvalue weighted by Gasteiger charge is 2.06. The molecule has 0 aliphatic carbocycles. The molecule has 0 aromatic carbocycles. The van der Waals surface area contributed by atoms with E-state index in [1.807, 2.05) is 0 Å². The van der Waals surface area contributed by atoms with Crippen molar-refractivity contribution in [2.24, 2.45) is 11.8 Å². The SMILES string of the molecule is CC(C)=CCCC(C)CCOC(=O)CCC(C)C. The molecule has 0 aliphatic rings. The van der Waals surface area contributed by atoms with Crippen molar-refractivity contribution in [2.45, 2.75) is 66.7 Å². The van der Waals surface area contributed by atoms with Crippen LogP contribution in [0.3, 0.4) is 0 Å². The van der Waals surface area contributed by atoms with Gasteiger partial charge in [-0.2, -0.15) is 0 Å². The topological polar surface area (TPSA) is 26.3 Å². The van der Waals surface area contributed by atoms with Crippen molar-refractivity contribution in [1.82, 2.24) is 0 Å². The minimum Gasteiger partial charge on any atom is -0.466 e. The fraction of sp³-hybridized carbons (Fsp3) is 0.812. The van der Waals surface area contributed by atoms with E-state index in [1.54, 1.807) is 0 Å². The first kappa shape index (κ1) is 17.2. The number of esters is 1. The van der Waals surface area contributed by atoms with Crippen LogP contribution in [0.5, 0.6) is 0 Å². The van der Waals surface area contributed by atoms with E-state index in [0.29, 0.717) is 24.9 Å². The highest BCUT2D eigenvalue weighted by atomic mass is 16.5. The van der Waals surface area contributed by atoms with Crippen molar-refractivity contribution in [3.8, 4) is 0 Å². The van der Waals surface area contributed by atoms with Gasteiger partial charge < -0.3 is 4.74 Å². The largest absolute Gasteiger partial charge is 0.466 e. The van der Waals surface area contributed by atoms with Gasteiger partial charge in [0.15, 0.2) is 0 Å². The molecule has 0 rings (SSSR count). The van der Waals surface area contributed by atoms with E-state index in [4.69, 9.17) is 4.74 Å². The Labute approximate surface area is 113 Å². The van der Waals surface area contributed by atoms with Crippen molar-refractivity contribution in [1.29, 1.82) is 0 Å². The monoisotopic (exact) mass is 254 g/mol. The van der Waals surface area contributed by atoms with Crippen LogP contribution in [0.25, 0.3) is 0 Å². The first-order chi connectivity index (χ1) is 8.41. The molecule has 18 heavy (non-hydrogen) atoms. The molecular weight excluding hydrogens is 224 g/mol. The standard InChI is InChI=1S/C16H30O2/c1-13(2)7-6-8-15(5)11-12-18-16(17)10-9-14(3)4/h7,14-15H,6,8-12H2,1-5H3. The molecule has 0 N–H and O–H groups in total. The fourth-order valence-corrected chi connectivity index (χ4v) is 1.65. The smallest absolute Gasteiger partial charge is 0.305 e. The molecule has 0 spiro atoms. The van der Waals surface area contributed by atoms with Crippen LogP contribution in [0.2, 0.25) is 0 Å². The van der Waals surface area contributed by atoms with Crippen LogP contribution in [-0.2, 0) is 9.53 Å². The van der Waals surface area contributed by atoms with Crippen molar-refractivity contribution >= 4 is 5.97 Å². The minimum atomic E-state index is -0.0415. The summed E-state index contributed by atoms with van der Waals surface area (Å²) < 4.78 is 5.24. The Morgan fingerprint density at radius 1 is 1.11 bits per heavy atom. The Morgan fingerprint density at radius 3 is 2.33 bits per heavy atom. The summed E-state index contributed by atoms with van der Waals surface area (Å²) in [5.74, 6) is 1.15. The maximum atomic E-state index is 11.4. The molecule has 0 fully saturated rings. The molecule has 0 radical (unpaired) electrons. The second-order valence-electron chi connectivity index (χ2n) is 5.91. The van der Waals surface area contributed by atoms with Crippen molar-refractivity contribution in [3.05, 3.63) is 11.6 Å². The molecule has 0 aliphatic heterocycles. The van der Waals surface area contributed by atoms with E-state index in [-0.39, 0.29) is 5.97 Å². The molecule has 0 bridgehead atoms. The molecule has 0 saturated heterocycles. The molecule has 2 nitrogen and oxygen atoms in total. The first-order valence-corrected chi connectivity index (χ1v) is 7.20. The zero-order chi connectivity index (χ0) is 14.0. The highest BCUT2D eigenvalue weighted by Crippen LogP contribution is 2.12. The van der Waals surface area contributed by atoms with Gasteiger partial charge in [0.2, 0.25) is 0 Å². The molecule has 0 heterocycles. The van der Waals surface area contributed by atoms with E-state index in [2.05, 4.69) is 40.7 Å². The second kappa shape index (κ2) is 10.2. The average Bonchev–Trinajstić information content (AvgIpc) is 2.25. The van der Waals surface area contributed by atoms with E-state index in [0.717, 1.165) is 19.3 Å². The van der Waals surface area contributed by atoms with Crippen LogP contribution in [0.15, 0.2) is 11.6 Å². The van der Waals surface area contributed by atoms with E-state index < -0.39 is 0 Å². The zero-order valence-corrected chi connectivity index (χ0v) is 12.8. The molecule has 1 atom stereocenters. The van der Waals surface area contributed by atoms with Gasteiger partial charge >= 0.3 is 5.97 Å². The Morgan fingerprint density at radius 2 is 1.78 bits per heavy atom. The van der Waals surface area contributed by atoms with Gasteiger partial charge in [-0.05, 0) is 51.4 Å². The third-order valence-electron chi connectivity index (χ3n) is 3.01. The molecule has 0 aromatic heterocycles. The number of hydrogen-bond acceptors (Lipinski definition) is 2. The lowest BCUT2D eigenvalue weighted by Gasteiger charge is -2.11. The van der Waals surface area contributed by atoms with Crippen LogP contribution in [0, 0.1) is 11.8 Å². The summed E-state index contributed by atoms with van der Waals surface area (Å²) in [6.45, 7) is 11.3. The summed E-state index contributed by atoms with van der Waals surface area (Å²) in [5.41, 5.74) is 1.38. The summed E-state index contributed by atoms with van der Waals surface area (Å²) in [6.07, 6.45) is 7.04. The van der Waals surface area contributed by atoms with Crippen LogP contribution < -0.4 is 0 Å². The summed E-state index contributed by atoms with van der Waals surface area (Å²) in [6, 6.07) is 0. The van der Waals surface area contributed by atoms with Gasteiger partial charge in [0.25, 0.3) is 0 Å². The number of hydrogen-bond donors (Lipinski definition) is 0. The quantitative estimate of drug-likeness (QED) is 0.439. The second-order valence-corrected chi connectivity index (χ2v) is 5.91. The molecule has 2 heteroatoms. The average molecular weight is 254 g/mol. The Bertz CT molecular complexity index is 250. The molecule has 0 saturated carbocycles. The Balaban J connectivity index is 3.52. The van der Waals surface area contributed by atoms with Crippen molar-refractivity contribution in [3.63, 3.8) is 0 Å². The first-order valence-electron chi connectivity index (χ1n) is 7.20. The lowest BCUT2D eigenvalue weighted by Crippen LogP contribution is -2.09. The summed E-state index contributed by atoms with van der Waals surface area (Å²) in [7, 11) is 0. The molecule has 1 unspecified atom stereocenters. The van der Waals surface area contributed by atoms with Crippen LogP contribution in [0.4, 0.5) is 0 Å². The van der Waals surface area contributed by atoms with Gasteiger partial charge in [-0.15, -0.1) is 0 Å². The van der Waals surface area contributed by atoms with E-state index >= 15 is 0 Å². The molecular formula is C16H30O2. The van der Waals surface area contributed by atoms with Gasteiger partial charge in [0, 0.05) is 6.42 Å². The zero-order valence-electron chi connectivity index (χ0n) is 12.8. The highest BCUT2D eigenvalue weighted by molar-refractivity contribution is 5.69. The normalized spacial score (nSPS) is 12.3. The summed E-state index contributed by atoms with van der Waals surface area (Å²) in [5, 5.41) is 0. The predicted octanol–water partition coefficient (Wildman–Crippen LogP) is 4.74. The molecule has 0 aromatic rings. The Hall–Kier alpha value is -0.790. The number of ether oxygens (including phenoxy) is 1. The summed E-state index contributed by atoms with van der Waals surface area (Å²) in [4.78, 5) is 11.4. The maximum absolute atomic E-state index is 11.4. The third-order valence-corrected chi connectivity index (χ3v) is 3.01. The minimum absolute atomic E-state index is 0.0415. The molecule has 106 valence electrons. The number of rotatable bonds is 9.